The van der Waals surface area contributed by atoms with Gasteiger partial charge in [-0.2, -0.15) is 0 Å². The summed E-state index contributed by atoms with van der Waals surface area (Å²) in [7, 11) is 1.89. The number of likely N-dealkylation sites (N-methyl/N-ethyl adjacent to an activating group) is 1. The Kier molecular flexibility index (Phi) is 7.54. The zero-order chi connectivity index (χ0) is 20.5. The average Bonchev–Trinajstić information content (AvgIpc) is 2.70. The molecule has 28 heavy (non-hydrogen) atoms. The highest BCUT2D eigenvalue weighted by molar-refractivity contribution is 5.90. The lowest BCUT2D eigenvalue weighted by molar-refractivity contribution is -0.124. The van der Waals surface area contributed by atoms with Gasteiger partial charge in [0.25, 0.3) is 5.91 Å². The van der Waals surface area contributed by atoms with Gasteiger partial charge >= 0.3 is 0 Å². The highest BCUT2D eigenvalue weighted by atomic mass is 16.5. The van der Waals surface area contributed by atoms with E-state index in [0.29, 0.717) is 13.0 Å². The molecule has 0 saturated heterocycles. The van der Waals surface area contributed by atoms with Crippen LogP contribution in [0.4, 0.5) is 5.69 Å². The summed E-state index contributed by atoms with van der Waals surface area (Å²) in [5.74, 6) is -0.640. The number of hydrogen-bond acceptors (Lipinski definition) is 4. The van der Waals surface area contributed by atoms with E-state index in [0.717, 1.165) is 28.1 Å². The summed E-state index contributed by atoms with van der Waals surface area (Å²) < 4.78 is 0. The summed E-state index contributed by atoms with van der Waals surface area (Å²) in [6, 6.07) is 15.3. The molecule has 0 aromatic heterocycles. The van der Waals surface area contributed by atoms with Gasteiger partial charge < -0.3 is 10.2 Å². The van der Waals surface area contributed by atoms with Crippen LogP contribution in [0.1, 0.15) is 16.7 Å². The Morgan fingerprint density at radius 1 is 1.18 bits per heavy atom. The van der Waals surface area contributed by atoms with Crippen molar-refractivity contribution in [3.63, 3.8) is 0 Å². The predicted octanol–water partition coefficient (Wildman–Crippen LogP) is 2.82. The summed E-state index contributed by atoms with van der Waals surface area (Å²) in [5, 5.41) is 11.4. The van der Waals surface area contributed by atoms with E-state index in [2.05, 4.69) is 11.9 Å². The Balaban J connectivity index is 1.94. The molecule has 0 radical (unpaired) electrons. The Hall–Kier alpha value is -3.38. The Bertz CT molecular complexity index is 876. The largest absolute Gasteiger partial charge is 0.350 e. The molecule has 0 aliphatic heterocycles. The lowest BCUT2D eigenvalue weighted by Gasteiger charge is -2.24. The van der Waals surface area contributed by atoms with Crippen LogP contribution in [0.15, 0.2) is 66.9 Å². The monoisotopic (exact) mass is 379 g/mol. The van der Waals surface area contributed by atoms with Crippen molar-refractivity contribution in [1.82, 2.24) is 10.8 Å². The van der Waals surface area contributed by atoms with Crippen molar-refractivity contribution >= 4 is 23.6 Å². The first-order valence-electron chi connectivity index (χ1n) is 8.85. The molecular weight excluding hydrogens is 354 g/mol. The second-order valence-electron chi connectivity index (χ2n) is 6.42. The third-order valence-electron chi connectivity index (χ3n) is 4.29. The van der Waals surface area contributed by atoms with Gasteiger partial charge in [-0.3, -0.25) is 14.8 Å². The molecule has 0 aliphatic carbocycles. The number of hydrogen-bond donors (Lipinski definition) is 3. The van der Waals surface area contributed by atoms with Crippen molar-refractivity contribution in [2.75, 3.05) is 18.5 Å². The molecule has 0 heterocycles. The summed E-state index contributed by atoms with van der Waals surface area (Å²) in [6.07, 6.45) is 3.19. The molecular formula is C22H25N3O3. The number of amides is 2. The highest BCUT2D eigenvalue weighted by Crippen LogP contribution is 2.23. The molecule has 3 N–H and O–H groups in total. The number of aryl methyl sites for hydroxylation is 1. The molecule has 0 bridgehead atoms. The van der Waals surface area contributed by atoms with Gasteiger partial charge in [-0.15, -0.1) is 0 Å². The number of carbonyl (C=O) groups is 2. The van der Waals surface area contributed by atoms with Gasteiger partial charge in [0.15, 0.2) is 0 Å². The van der Waals surface area contributed by atoms with E-state index >= 15 is 0 Å². The minimum atomic E-state index is -0.585. The fourth-order valence-electron chi connectivity index (χ4n) is 2.70. The number of rotatable bonds is 8. The number of hydroxylamine groups is 1. The Morgan fingerprint density at radius 3 is 2.54 bits per heavy atom. The topological polar surface area (TPSA) is 81.7 Å². The van der Waals surface area contributed by atoms with Gasteiger partial charge in [-0.05, 0) is 41.8 Å². The van der Waals surface area contributed by atoms with E-state index < -0.39 is 5.91 Å². The fourth-order valence-corrected chi connectivity index (χ4v) is 2.70. The second-order valence-corrected chi connectivity index (χ2v) is 6.42. The van der Waals surface area contributed by atoms with Crippen molar-refractivity contribution in [3.05, 3.63) is 83.6 Å². The zero-order valence-corrected chi connectivity index (χ0v) is 16.1. The van der Waals surface area contributed by atoms with Crippen molar-refractivity contribution in [3.8, 4) is 0 Å². The van der Waals surface area contributed by atoms with Crippen molar-refractivity contribution in [2.24, 2.45) is 0 Å². The third kappa shape index (κ3) is 6.10. The van der Waals surface area contributed by atoms with Gasteiger partial charge in [-0.1, -0.05) is 43.0 Å². The average molecular weight is 379 g/mol. The molecule has 0 saturated carbocycles. The minimum Gasteiger partial charge on any atom is -0.350 e. The maximum absolute atomic E-state index is 12.1. The van der Waals surface area contributed by atoms with Crippen LogP contribution in [0, 0.1) is 6.92 Å². The molecule has 2 aromatic carbocycles. The quantitative estimate of drug-likeness (QED) is 0.374. The SMILES string of the molecule is C=C(CNC(=O)Cc1ccccc1)N(C)c1ccc(/C=C/C(=O)NO)cc1C. The smallest absolute Gasteiger partial charge is 0.267 e. The van der Waals surface area contributed by atoms with Crippen molar-refractivity contribution < 1.29 is 14.8 Å². The first-order chi connectivity index (χ1) is 13.4. The van der Waals surface area contributed by atoms with Crippen LogP contribution in [0.3, 0.4) is 0 Å². The standard InChI is InChI=1S/C22H25N3O3/c1-16-13-19(10-12-21(26)24-28)9-11-20(16)25(3)17(2)15-23-22(27)14-18-7-5-4-6-8-18/h4-13,28H,2,14-15H2,1,3H3,(H,23,27)(H,24,26)/b12-10+. The highest BCUT2D eigenvalue weighted by Gasteiger charge is 2.10. The van der Waals surface area contributed by atoms with Gasteiger partial charge in [0, 0.05) is 24.5 Å². The van der Waals surface area contributed by atoms with Crippen LogP contribution < -0.4 is 15.7 Å². The Labute approximate surface area is 165 Å². The zero-order valence-electron chi connectivity index (χ0n) is 16.1. The fraction of sp³-hybridized carbons (Fsp3) is 0.182. The molecule has 0 spiro atoms. The van der Waals surface area contributed by atoms with E-state index in [-0.39, 0.29) is 5.91 Å². The maximum atomic E-state index is 12.1. The van der Waals surface area contributed by atoms with Crippen molar-refractivity contribution in [1.29, 1.82) is 0 Å². The van der Waals surface area contributed by atoms with Crippen LogP contribution in [0.25, 0.3) is 6.08 Å². The lowest BCUT2D eigenvalue weighted by atomic mass is 10.1. The molecule has 0 fully saturated rings. The van der Waals surface area contributed by atoms with Gasteiger partial charge in [0.05, 0.1) is 13.0 Å². The molecule has 2 amide bonds. The summed E-state index contributed by atoms with van der Waals surface area (Å²) in [5.41, 5.74) is 6.05. The van der Waals surface area contributed by atoms with E-state index in [1.165, 1.54) is 6.08 Å². The first kappa shape index (κ1) is 20.9. The summed E-state index contributed by atoms with van der Waals surface area (Å²) in [6.45, 7) is 6.36. The van der Waals surface area contributed by atoms with E-state index in [4.69, 9.17) is 5.21 Å². The number of nitrogens with zero attached hydrogens (tertiary/aromatic N) is 1. The molecule has 2 rings (SSSR count). The van der Waals surface area contributed by atoms with E-state index in [9.17, 15) is 9.59 Å². The van der Waals surface area contributed by atoms with Crippen LogP contribution in [-0.4, -0.2) is 30.6 Å². The first-order valence-corrected chi connectivity index (χ1v) is 8.85. The molecule has 0 atom stereocenters. The minimum absolute atomic E-state index is 0.0554. The number of nitrogens with one attached hydrogen (secondary N) is 2. The molecule has 6 heteroatoms. The summed E-state index contributed by atoms with van der Waals surface area (Å²) >= 11 is 0. The second kappa shape index (κ2) is 10.1. The van der Waals surface area contributed by atoms with Crippen LogP contribution >= 0.6 is 0 Å². The van der Waals surface area contributed by atoms with E-state index in [1.807, 2.05) is 67.4 Å². The van der Waals surface area contributed by atoms with Crippen LogP contribution in [0.2, 0.25) is 0 Å². The van der Waals surface area contributed by atoms with Crippen LogP contribution in [-0.2, 0) is 16.0 Å². The van der Waals surface area contributed by atoms with Gasteiger partial charge in [0.2, 0.25) is 5.91 Å². The maximum Gasteiger partial charge on any atom is 0.267 e. The molecule has 2 aromatic rings. The molecule has 6 nitrogen and oxygen atoms in total. The molecule has 146 valence electrons. The molecule has 0 unspecified atom stereocenters. The predicted molar refractivity (Wildman–Crippen MR) is 111 cm³/mol. The van der Waals surface area contributed by atoms with E-state index in [1.54, 1.807) is 11.6 Å². The van der Waals surface area contributed by atoms with Crippen molar-refractivity contribution in [2.45, 2.75) is 13.3 Å². The normalized spacial score (nSPS) is 10.5. The van der Waals surface area contributed by atoms with Crippen LogP contribution in [0.5, 0.6) is 0 Å². The van der Waals surface area contributed by atoms with Gasteiger partial charge in [0.1, 0.15) is 0 Å². The lowest BCUT2D eigenvalue weighted by Crippen LogP contribution is -2.32. The Morgan fingerprint density at radius 2 is 1.89 bits per heavy atom. The number of anilines is 1. The molecule has 0 aliphatic rings. The summed E-state index contributed by atoms with van der Waals surface area (Å²) in [4.78, 5) is 25.1. The number of carbonyl (C=O) groups excluding carboxylic acids is 2. The third-order valence-corrected chi connectivity index (χ3v) is 4.29. The number of benzene rings is 2. The van der Waals surface area contributed by atoms with Gasteiger partial charge in [-0.25, -0.2) is 5.48 Å².